The summed E-state index contributed by atoms with van der Waals surface area (Å²) in [5, 5.41) is 20.5. The van der Waals surface area contributed by atoms with E-state index in [1.165, 1.54) is 0 Å². The van der Waals surface area contributed by atoms with Gasteiger partial charge >= 0.3 is 0 Å². The van der Waals surface area contributed by atoms with Crippen LogP contribution < -0.4 is 0 Å². The highest BCUT2D eigenvalue weighted by molar-refractivity contribution is 5.91. The smallest absolute Gasteiger partial charge is 0.190 e. The Kier molecular flexibility index (Phi) is 3.83. The molecule has 3 saturated carbocycles. The molecule has 138 valence electrons. The lowest BCUT2D eigenvalue weighted by Gasteiger charge is -2.59. The molecule has 4 heteroatoms. The molecule has 0 unspecified atom stereocenters. The normalized spacial score (nSPS) is 51.6. The number of carbonyl (C=O) groups excluding carboxylic acids is 2. The van der Waals surface area contributed by atoms with Gasteiger partial charge in [-0.2, -0.15) is 0 Å². The van der Waals surface area contributed by atoms with Crippen LogP contribution in [0.4, 0.5) is 0 Å². The molecule has 0 aromatic heterocycles. The van der Waals surface area contributed by atoms with Crippen molar-refractivity contribution in [3.05, 3.63) is 12.2 Å². The molecule has 4 nitrogen and oxygen atoms in total. The van der Waals surface area contributed by atoms with E-state index in [9.17, 15) is 19.8 Å². The number of hydrogen-bond acceptors (Lipinski definition) is 4. The highest BCUT2D eigenvalue weighted by Crippen LogP contribution is 2.67. The van der Waals surface area contributed by atoms with E-state index in [1.807, 2.05) is 0 Å². The van der Waals surface area contributed by atoms with Crippen LogP contribution in [0.15, 0.2) is 12.2 Å². The molecule has 4 rings (SSSR count). The Hall–Kier alpha value is -1.00. The molecule has 4 aliphatic rings. The molecule has 0 heterocycles. The summed E-state index contributed by atoms with van der Waals surface area (Å²) in [7, 11) is 0. The van der Waals surface area contributed by atoms with E-state index in [0.29, 0.717) is 36.5 Å². The first-order valence-corrected chi connectivity index (χ1v) is 9.85. The van der Waals surface area contributed by atoms with E-state index < -0.39 is 23.4 Å². The van der Waals surface area contributed by atoms with Crippen LogP contribution in [0.1, 0.15) is 58.8 Å². The second-order valence-electron chi connectivity index (χ2n) is 9.46. The van der Waals surface area contributed by atoms with Crippen molar-refractivity contribution in [1.29, 1.82) is 0 Å². The lowest BCUT2D eigenvalue weighted by Crippen LogP contribution is -2.58. The van der Waals surface area contributed by atoms with Gasteiger partial charge in [0, 0.05) is 11.8 Å². The summed E-state index contributed by atoms with van der Waals surface area (Å²) in [5.41, 5.74) is -1.72. The number of aliphatic hydroxyl groups excluding tert-OH is 1. The zero-order valence-electron chi connectivity index (χ0n) is 15.3. The molecule has 7 atom stereocenters. The van der Waals surface area contributed by atoms with Crippen molar-refractivity contribution in [3.63, 3.8) is 0 Å². The number of carbonyl (C=O) groups is 2. The van der Waals surface area contributed by atoms with Gasteiger partial charge in [0.15, 0.2) is 11.6 Å². The molecule has 0 saturated heterocycles. The highest BCUT2D eigenvalue weighted by atomic mass is 16.3. The summed E-state index contributed by atoms with van der Waals surface area (Å²) >= 11 is 0. The average Bonchev–Trinajstić information content (AvgIpc) is 2.87. The fourth-order valence-electron chi connectivity index (χ4n) is 7.24. The quantitative estimate of drug-likeness (QED) is 0.806. The standard InChI is InChI=1S/C21H30O4/c1-19-8-5-14(23)11-13(19)3-4-15-16(19)6-9-20(2)17(15)7-10-21(20,25)18(24)12-22/h5,8,13,15-17,22,25H,3-4,6-7,9-12H2,1-2H3/t13-,15+,16-,17-,19-,20-,21-/m0/s1. The molecular formula is C21H30O4. The maximum Gasteiger partial charge on any atom is 0.190 e. The third kappa shape index (κ3) is 2.13. The Bertz CT molecular complexity index is 640. The Balaban J connectivity index is 1.68. The molecule has 3 fully saturated rings. The first kappa shape index (κ1) is 17.4. The van der Waals surface area contributed by atoms with Gasteiger partial charge in [0.05, 0.1) is 0 Å². The number of rotatable bonds is 2. The zero-order valence-corrected chi connectivity index (χ0v) is 15.3. The summed E-state index contributed by atoms with van der Waals surface area (Å²) in [6.45, 7) is 3.82. The molecule has 0 radical (unpaired) electrons. The van der Waals surface area contributed by atoms with Crippen LogP contribution in [0.2, 0.25) is 0 Å². The summed E-state index contributed by atoms with van der Waals surface area (Å²) < 4.78 is 0. The monoisotopic (exact) mass is 346 g/mol. The first-order valence-electron chi connectivity index (χ1n) is 9.85. The molecule has 0 aromatic rings. The molecule has 2 N–H and O–H groups in total. The third-order valence-electron chi connectivity index (χ3n) is 8.80. The molecule has 0 amide bonds. The van der Waals surface area contributed by atoms with Gasteiger partial charge in [-0.1, -0.05) is 19.9 Å². The van der Waals surface area contributed by atoms with Crippen LogP contribution in [0.25, 0.3) is 0 Å². The Labute approximate surface area is 149 Å². The summed E-state index contributed by atoms with van der Waals surface area (Å²) in [6, 6.07) is 0. The van der Waals surface area contributed by atoms with E-state index in [0.717, 1.165) is 32.1 Å². The number of ketones is 2. The lowest BCUT2D eigenvalue weighted by atomic mass is 9.45. The van der Waals surface area contributed by atoms with Crippen molar-refractivity contribution >= 4 is 11.6 Å². The van der Waals surface area contributed by atoms with Crippen LogP contribution in [-0.4, -0.2) is 34.0 Å². The van der Waals surface area contributed by atoms with E-state index in [-0.39, 0.29) is 11.2 Å². The molecule has 0 aliphatic heterocycles. The van der Waals surface area contributed by atoms with Crippen LogP contribution in [-0.2, 0) is 9.59 Å². The van der Waals surface area contributed by atoms with Gasteiger partial charge in [-0.05, 0) is 73.7 Å². The van der Waals surface area contributed by atoms with Gasteiger partial charge in [0.25, 0.3) is 0 Å². The largest absolute Gasteiger partial charge is 0.388 e. The third-order valence-corrected chi connectivity index (χ3v) is 8.80. The SMILES string of the molecule is C[C@]12C=CC(=O)C[C@@H]1CC[C@@H]1[C@@H]2CC[C@@]2(C)[C@H]1CC[C@]2(O)C(=O)CO. The van der Waals surface area contributed by atoms with E-state index in [4.69, 9.17) is 0 Å². The summed E-state index contributed by atoms with van der Waals surface area (Å²) in [5.74, 6) is 1.65. The van der Waals surface area contributed by atoms with Crippen LogP contribution >= 0.6 is 0 Å². The molecule has 0 bridgehead atoms. The second-order valence-corrected chi connectivity index (χ2v) is 9.46. The van der Waals surface area contributed by atoms with Crippen molar-refractivity contribution in [2.45, 2.75) is 64.4 Å². The molecule has 0 spiro atoms. The lowest BCUT2D eigenvalue weighted by molar-refractivity contribution is -0.167. The van der Waals surface area contributed by atoms with Gasteiger partial charge in [-0.25, -0.2) is 0 Å². The Morgan fingerprint density at radius 1 is 1.16 bits per heavy atom. The average molecular weight is 346 g/mol. The second kappa shape index (κ2) is 5.50. The van der Waals surface area contributed by atoms with Crippen LogP contribution in [0, 0.1) is 34.5 Å². The Morgan fingerprint density at radius 2 is 1.88 bits per heavy atom. The van der Waals surface area contributed by atoms with Gasteiger partial charge in [0.2, 0.25) is 0 Å². The van der Waals surface area contributed by atoms with Crippen LogP contribution in [0.3, 0.4) is 0 Å². The van der Waals surface area contributed by atoms with Crippen LogP contribution in [0.5, 0.6) is 0 Å². The van der Waals surface area contributed by atoms with Gasteiger partial charge in [-0.3, -0.25) is 9.59 Å². The zero-order chi connectivity index (χ0) is 18.0. The fourth-order valence-corrected chi connectivity index (χ4v) is 7.24. The topological polar surface area (TPSA) is 74.6 Å². The van der Waals surface area contributed by atoms with Crippen molar-refractivity contribution in [1.82, 2.24) is 0 Å². The fraction of sp³-hybridized carbons (Fsp3) is 0.810. The van der Waals surface area contributed by atoms with Crippen molar-refractivity contribution < 1.29 is 19.8 Å². The highest BCUT2D eigenvalue weighted by Gasteiger charge is 2.66. The van der Waals surface area contributed by atoms with Gasteiger partial charge < -0.3 is 10.2 Å². The van der Waals surface area contributed by atoms with Crippen molar-refractivity contribution in [2.24, 2.45) is 34.5 Å². The van der Waals surface area contributed by atoms with Gasteiger partial charge in [0.1, 0.15) is 12.2 Å². The van der Waals surface area contributed by atoms with Crippen molar-refractivity contribution in [2.75, 3.05) is 6.61 Å². The van der Waals surface area contributed by atoms with Crippen molar-refractivity contribution in [3.8, 4) is 0 Å². The molecule has 0 aromatic carbocycles. The molecule has 4 aliphatic carbocycles. The summed E-state index contributed by atoms with van der Waals surface area (Å²) in [6.07, 6.45) is 9.94. The van der Waals surface area contributed by atoms with E-state index >= 15 is 0 Å². The minimum absolute atomic E-state index is 0.0693. The molecular weight excluding hydrogens is 316 g/mol. The Morgan fingerprint density at radius 3 is 2.60 bits per heavy atom. The minimum Gasteiger partial charge on any atom is -0.388 e. The maximum absolute atomic E-state index is 12.3. The first-order chi connectivity index (χ1) is 11.8. The number of aliphatic hydroxyl groups is 2. The number of allylic oxidation sites excluding steroid dienone is 2. The maximum atomic E-state index is 12.3. The van der Waals surface area contributed by atoms with E-state index in [1.54, 1.807) is 6.08 Å². The number of Topliss-reactive ketones (excluding diaryl/α,β-unsaturated/α-hetero) is 1. The molecule has 25 heavy (non-hydrogen) atoms. The number of hydrogen-bond donors (Lipinski definition) is 2. The minimum atomic E-state index is -1.37. The predicted molar refractivity (Wildman–Crippen MR) is 93.7 cm³/mol. The van der Waals surface area contributed by atoms with E-state index in [2.05, 4.69) is 19.9 Å². The predicted octanol–water partition coefficient (Wildman–Crippen LogP) is 2.67. The van der Waals surface area contributed by atoms with Gasteiger partial charge in [-0.15, -0.1) is 0 Å². The number of fused-ring (bicyclic) bond motifs is 5. The summed E-state index contributed by atoms with van der Waals surface area (Å²) in [4.78, 5) is 24.2.